The number of carboxylic acids is 1. The Labute approximate surface area is 112 Å². The summed E-state index contributed by atoms with van der Waals surface area (Å²) in [6, 6.07) is -1.46. The fraction of sp³-hybridized carbons (Fsp3) is 0.750. The second-order valence-electron chi connectivity index (χ2n) is 5.12. The van der Waals surface area contributed by atoms with Gasteiger partial charge in [-0.1, -0.05) is 13.8 Å². The van der Waals surface area contributed by atoms with Crippen molar-refractivity contribution in [2.45, 2.75) is 39.3 Å². The first kappa shape index (κ1) is 17.2. The summed E-state index contributed by atoms with van der Waals surface area (Å²) in [5, 5.41) is 11.5. The van der Waals surface area contributed by atoms with Crippen molar-refractivity contribution in [3.8, 4) is 0 Å². The summed E-state index contributed by atoms with van der Waals surface area (Å²) in [4.78, 5) is 35.6. The average Bonchev–Trinajstić information content (AvgIpc) is 2.32. The second-order valence-corrected chi connectivity index (χ2v) is 5.12. The summed E-state index contributed by atoms with van der Waals surface area (Å²) in [5.41, 5.74) is -1.37. The van der Waals surface area contributed by atoms with Gasteiger partial charge < -0.3 is 20.1 Å². The maximum Gasteiger partial charge on any atom is 0.329 e. The van der Waals surface area contributed by atoms with Gasteiger partial charge in [-0.2, -0.15) is 0 Å². The van der Waals surface area contributed by atoms with Gasteiger partial charge >= 0.3 is 18.0 Å². The van der Waals surface area contributed by atoms with Gasteiger partial charge in [0.25, 0.3) is 0 Å². The molecule has 0 aromatic carbocycles. The lowest BCUT2D eigenvalue weighted by Gasteiger charge is -2.33. The van der Waals surface area contributed by atoms with Crippen LogP contribution >= 0.6 is 0 Å². The van der Waals surface area contributed by atoms with Gasteiger partial charge in [-0.3, -0.25) is 0 Å². The zero-order chi connectivity index (χ0) is 15.4. The van der Waals surface area contributed by atoms with E-state index in [1.54, 1.807) is 13.8 Å². The van der Waals surface area contributed by atoms with E-state index in [1.807, 2.05) is 0 Å². The number of nitrogens with one attached hydrogen (secondary N) is 1. The summed E-state index contributed by atoms with van der Waals surface area (Å²) in [6.45, 7) is 6.31. The molecule has 0 aliphatic carbocycles. The number of rotatable bonds is 5. The highest BCUT2D eigenvalue weighted by atomic mass is 16.5. The van der Waals surface area contributed by atoms with Gasteiger partial charge in [0, 0.05) is 7.05 Å². The number of carbonyl (C=O) groups excluding carboxylic acids is 2. The van der Waals surface area contributed by atoms with E-state index in [2.05, 4.69) is 10.1 Å². The molecule has 2 N–H and O–H groups in total. The maximum absolute atomic E-state index is 12.0. The van der Waals surface area contributed by atoms with Crippen molar-refractivity contribution in [3.05, 3.63) is 0 Å². The van der Waals surface area contributed by atoms with Crippen molar-refractivity contribution < 1.29 is 24.2 Å². The lowest BCUT2D eigenvalue weighted by molar-refractivity contribution is -0.147. The quantitative estimate of drug-likeness (QED) is 0.719. The molecular weight excluding hydrogens is 252 g/mol. The number of aliphatic carboxylic acids is 1. The summed E-state index contributed by atoms with van der Waals surface area (Å²) >= 11 is 0. The molecule has 110 valence electrons. The number of nitrogens with zero attached hydrogens (tertiary/aromatic N) is 1. The van der Waals surface area contributed by atoms with Crippen molar-refractivity contribution in [3.63, 3.8) is 0 Å². The minimum atomic E-state index is -1.37. The van der Waals surface area contributed by atoms with Gasteiger partial charge in [-0.25, -0.2) is 14.4 Å². The van der Waals surface area contributed by atoms with Crippen LogP contribution in [0.1, 0.15) is 27.7 Å². The van der Waals surface area contributed by atoms with E-state index in [0.29, 0.717) is 0 Å². The van der Waals surface area contributed by atoms with Gasteiger partial charge in [0.05, 0.1) is 7.11 Å². The lowest BCUT2D eigenvalue weighted by atomic mass is 10.0. The molecule has 1 atom stereocenters. The van der Waals surface area contributed by atoms with E-state index < -0.39 is 29.6 Å². The molecule has 19 heavy (non-hydrogen) atoms. The van der Waals surface area contributed by atoms with Crippen LogP contribution in [-0.4, -0.2) is 53.7 Å². The molecule has 7 nitrogen and oxygen atoms in total. The molecule has 0 spiro atoms. The second kappa shape index (κ2) is 6.40. The molecule has 2 amide bonds. The molecule has 1 unspecified atom stereocenters. The predicted octanol–water partition coefficient (Wildman–Crippen LogP) is 0.689. The number of likely N-dealkylation sites (N-methyl/N-ethyl adjacent to an activating group) is 1. The van der Waals surface area contributed by atoms with E-state index in [1.165, 1.54) is 28.0 Å². The highest BCUT2D eigenvalue weighted by molar-refractivity contribution is 5.88. The predicted molar refractivity (Wildman–Crippen MR) is 68.7 cm³/mol. The third-order valence-electron chi connectivity index (χ3n) is 3.07. The van der Waals surface area contributed by atoms with Crippen LogP contribution in [0.4, 0.5) is 4.79 Å². The highest BCUT2D eigenvalue weighted by Gasteiger charge is 2.37. The average molecular weight is 274 g/mol. The number of carboxylic acid groups (broad SMARTS) is 1. The van der Waals surface area contributed by atoms with E-state index in [-0.39, 0.29) is 5.92 Å². The fourth-order valence-corrected chi connectivity index (χ4v) is 1.25. The van der Waals surface area contributed by atoms with E-state index in [0.717, 1.165) is 4.90 Å². The number of amides is 2. The Balaban J connectivity index is 4.93. The van der Waals surface area contributed by atoms with E-state index in [4.69, 9.17) is 5.11 Å². The molecule has 0 bridgehead atoms. The van der Waals surface area contributed by atoms with Gasteiger partial charge in [0.15, 0.2) is 0 Å². The molecule has 0 rings (SSSR count). The molecule has 0 aliphatic heterocycles. The molecule has 0 aromatic heterocycles. The molecule has 0 saturated heterocycles. The summed E-state index contributed by atoms with van der Waals surface area (Å²) in [6.07, 6.45) is 0. The summed E-state index contributed by atoms with van der Waals surface area (Å²) in [5.74, 6) is -1.87. The minimum Gasteiger partial charge on any atom is -0.480 e. The Bertz CT molecular complexity index is 365. The van der Waals surface area contributed by atoms with Gasteiger partial charge in [-0.05, 0) is 19.8 Å². The first-order chi connectivity index (χ1) is 8.55. The van der Waals surface area contributed by atoms with E-state index in [9.17, 15) is 14.4 Å². The number of methoxy groups -OCH3 is 1. The smallest absolute Gasteiger partial charge is 0.329 e. The first-order valence-corrected chi connectivity index (χ1v) is 5.91. The fourth-order valence-electron chi connectivity index (χ4n) is 1.25. The number of carbonyl (C=O) groups is 3. The molecule has 0 aromatic rings. The summed E-state index contributed by atoms with van der Waals surface area (Å²) < 4.78 is 4.60. The number of hydrogen-bond donors (Lipinski definition) is 2. The minimum absolute atomic E-state index is 0.169. The zero-order valence-electron chi connectivity index (χ0n) is 12.2. The number of urea groups is 1. The molecule has 0 radical (unpaired) electrons. The first-order valence-electron chi connectivity index (χ1n) is 5.91. The zero-order valence-corrected chi connectivity index (χ0v) is 12.2. The van der Waals surface area contributed by atoms with Gasteiger partial charge in [-0.15, -0.1) is 0 Å². The number of esters is 1. The summed E-state index contributed by atoms with van der Waals surface area (Å²) in [7, 11) is 2.59. The van der Waals surface area contributed by atoms with Crippen molar-refractivity contribution in [1.82, 2.24) is 10.2 Å². The largest absolute Gasteiger partial charge is 0.480 e. The molecule has 0 saturated carbocycles. The monoisotopic (exact) mass is 274 g/mol. The third kappa shape index (κ3) is 4.11. The Morgan fingerprint density at radius 1 is 1.26 bits per heavy atom. The SMILES string of the molecule is COC(=O)C(NC(=O)N(C)C(C)(C)C(=O)O)C(C)C. The van der Waals surface area contributed by atoms with Crippen LogP contribution in [0, 0.1) is 5.92 Å². The Morgan fingerprint density at radius 2 is 1.74 bits per heavy atom. The van der Waals surface area contributed by atoms with Crippen LogP contribution < -0.4 is 5.32 Å². The van der Waals surface area contributed by atoms with Crippen LogP contribution in [0.2, 0.25) is 0 Å². The molecular formula is C12H22N2O5. The normalized spacial score (nSPS) is 12.8. The lowest BCUT2D eigenvalue weighted by Crippen LogP contribution is -2.57. The van der Waals surface area contributed by atoms with Crippen LogP contribution in [0.5, 0.6) is 0 Å². The number of ether oxygens (including phenoxy) is 1. The standard InChI is InChI=1S/C12H22N2O5/c1-7(2)8(9(15)19-6)13-11(18)14(5)12(3,4)10(16)17/h7-8H,1-6H3,(H,13,18)(H,16,17). The Hall–Kier alpha value is -1.79. The van der Waals surface area contributed by atoms with Crippen LogP contribution in [0.25, 0.3) is 0 Å². The molecule has 0 fully saturated rings. The van der Waals surface area contributed by atoms with Crippen molar-refractivity contribution >= 4 is 18.0 Å². The highest BCUT2D eigenvalue weighted by Crippen LogP contribution is 2.13. The van der Waals surface area contributed by atoms with Crippen LogP contribution in [0.15, 0.2) is 0 Å². The van der Waals surface area contributed by atoms with Crippen LogP contribution in [0.3, 0.4) is 0 Å². The van der Waals surface area contributed by atoms with Gasteiger partial charge in [0.1, 0.15) is 11.6 Å². The van der Waals surface area contributed by atoms with E-state index >= 15 is 0 Å². The van der Waals surface area contributed by atoms with Crippen LogP contribution in [-0.2, 0) is 14.3 Å². The topological polar surface area (TPSA) is 95.9 Å². The Morgan fingerprint density at radius 3 is 2.05 bits per heavy atom. The third-order valence-corrected chi connectivity index (χ3v) is 3.07. The van der Waals surface area contributed by atoms with Crippen molar-refractivity contribution in [2.75, 3.05) is 14.2 Å². The number of hydrogen-bond acceptors (Lipinski definition) is 4. The molecule has 0 aliphatic rings. The molecule has 7 heteroatoms. The van der Waals surface area contributed by atoms with Gasteiger partial charge in [0.2, 0.25) is 0 Å². The van der Waals surface area contributed by atoms with Crippen molar-refractivity contribution in [1.29, 1.82) is 0 Å². The van der Waals surface area contributed by atoms with Crippen molar-refractivity contribution in [2.24, 2.45) is 5.92 Å². The maximum atomic E-state index is 12.0. The molecule has 0 heterocycles. The Kier molecular flexibility index (Phi) is 5.80.